The van der Waals surface area contributed by atoms with Gasteiger partial charge in [0.1, 0.15) is 17.3 Å². The van der Waals surface area contributed by atoms with E-state index in [1.54, 1.807) is 24.2 Å². The van der Waals surface area contributed by atoms with Crippen LogP contribution < -0.4 is 20.7 Å². The maximum Gasteiger partial charge on any atom is 0.249 e. The smallest absolute Gasteiger partial charge is 0.249 e. The fraction of sp³-hybridized carbons (Fsp3) is 0.500. The van der Waals surface area contributed by atoms with Crippen LogP contribution >= 0.6 is 0 Å². The minimum absolute atomic E-state index is 0.106. The van der Waals surface area contributed by atoms with Crippen LogP contribution in [0.2, 0.25) is 0 Å². The molecule has 1 saturated heterocycles. The number of carbonyl (C=O) groups is 3. The molecule has 0 spiro atoms. The van der Waals surface area contributed by atoms with Crippen LogP contribution in [-0.2, 0) is 25.5 Å². The molecule has 10 nitrogen and oxygen atoms in total. The Morgan fingerprint density at radius 3 is 2.54 bits per heavy atom. The molecule has 1 heterocycles. The van der Waals surface area contributed by atoms with E-state index in [9.17, 15) is 19.5 Å². The lowest BCUT2D eigenvalue weighted by molar-refractivity contribution is -0.144. The fourth-order valence-electron chi connectivity index (χ4n) is 7.07. The monoisotopic (exact) mass is 660 g/mol. The number of methoxy groups -OCH3 is 1. The molecular weight excluding hydrogens is 608 g/mol. The van der Waals surface area contributed by atoms with E-state index in [1.807, 2.05) is 62.4 Å². The summed E-state index contributed by atoms with van der Waals surface area (Å²) in [7, 11) is 1.63. The highest BCUT2D eigenvalue weighted by molar-refractivity contribution is 5.96. The first-order valence-electron chi connectivity index (χ1n) is 16.9. The molecule has 0 bridgehead atoms. The molecule has 2 aliphatic rings. The molecule has 0 aromatic heterocycles. The molecule has 0 saturated carbocycles. The lowest BCUT2D eigenvalue weighted by Crippen LogP contribution is -2.60. The molecule has 4 N–H and O–H groups in total. The number of nitrogens with zero attached hydrogens (tertiary/aromatic N) is 1. The number of nitrogens with one attached hydrogen (secondary N) is 3. The summed E-state index contributed by atoms with van der Waals surface area (Å²) in [6.45, 7) is 13.9. The Labute approximate surface area is 285 Å². The highest BCUT2D eigenvalue weighted by Gasteiger charge is 2.53. The number of ether oxygens (including phenoxy) is 2. The van der Waals surface area contributed by atoms with E-state index < -0.39 is 23.7 Å². The first-order chi connectivity index (χ1) is 23.1. The average molecular weight is 661 g/mol. The highest BCUT2D eigenvalue weighted by atomic mass is 16.5. The number of benzene rings is 2. The standard InChI is InChI=1S/C38H52N4O6/c1-7-13-33(42-19-18-38(37(42)46,25(4)9-3)41-26(5)43)36(45)40-32(21-27-14-11-10-12-15-27)34(44)24-39-31-23-35(48-20-8-2)29-17-16-28(47-6)22-30(29)31/h7-8,10-12,14-17,22,25,31-35,39,44H,1-2,9,13,18-21,23-24H2,3-6H3,(H,40,45)(H,41,43)/t25?,31-,32-,33-,34-,35+,38-/m0/s1. The molecule has 2 aromatic carbocycles. The van der Waals surface area contributed by atoms with Crippen LogP contribution in [-0.4, -0.2) is 78.3 Å². The maximum absolute atomic E-state index is 14.1. The van der Waals surface area contributed by atoms with Gasteiger partial charge in [0, 0.05) is 26.1 Å². The molecule has 0 radical (unpaired) electrons. The van der Waals surface area contributed by atoms with Crippen molar-refractivity contribution >= 4 is 17.7 Å². The molecule has 2 aromatic rings. The van der Waals surface area contributed by atoms with Gasteiger partial charge in [-0.2, -0.15) is 0 Å². The predicted molar refractivity (Wildman–Crippen MR) is 186 cm³/mol. The first kappa shape index (κ1) is 36.8. The molecule has 1 aliphatic heterocycles. The van der Waals surface area contributed by atoms with Gasteiger partial charge in [0.15, 0.2) is 0 Å². The van der Waals surface area contributed by atoms with Crippen LogP contribution in [0.3, 0.4) is 0 Å². The van der Waals surface area contributed by atoms with Crippen molar-refractivity contribution in [1.82, 2.24) is 20.9 Å². The van der Waals surface area contributed by atoms with E-state index in [4.69, 9.17) is 9.47 Å². The second-order valence-corrected chi connectivity index (χ2v) is 12.9. The summed E-state index contributed by atoms with van der Waals surface area (Å²) < 4.78 is 11.5. The predicted octanol–water partition coefficient (Wildman–Crippen LogP) is 4.16. The molecule has 1 aliphatic carbocycles. The number of amides is 3. The molecule has 3 amide bonds. The zero-order valence-corrected chi connectivity index (χ0v) is 28.7. The summed E-state index contributed by atoms with van der Waals surface area (Å²) in [4.78, 5) is 41.8. The highest BCUT2D eigenvalue weighted by Crippen LogP contribution is 2.42. The molecular formula is C38H52N4O6. The summed E-state index contributed by atoms with van der Waals surface area (Å²) in [6.07, 6.45) is 4.64. The minimum Gasteiger partial charge on any atom is -0.497 e. The number of likely N-dealkylation sites (tertiary alicyclic amines) is 1. The van der Waals surface area contributed by atoms with Gasteiger partial charge in [-0.05, 0) is 60.4 Å². The van der Waals surface area contributed by atoms with Gasteiger partial charge in [0.05, 0.1) is 32.0 Å². The molecule has 1 unspecified atom stereocenters. The molecule has 1 fully saturated rings. The quantitative estimate of drug-likeness (QED) is 0.177. The van der Waals surface area contributed by atoms with Crippen LogP contribution in [0.15, 0.2) is 73.8 Å². The Balaban J connectivity index is 1.54. The minimum atomic E-state index is -1.07. The maximum atomic E-state index is 14.1. The molecule has 260 valence electrons. The van der Waals surface area contributed by atoms with Gasteiger partial charge in [-0.1, -0.05) is 68.8 Å². The van der Waals surface area contributed by atoms with Crippen LogP contribution in [0.5, 0.6) is 5.75 Å². The Kier molecular flexibility index (Phi) is 13.0. The first-order valence-corrected chi connectivity index (χ1v) is 16.9. The van der Waals surface area contributed by atoms with Gasteiger partial charge in [-0.25, -0.2) is 0 Å². The van der Waals surface area contributed by atoms with E-state index in [0.717, 1.165) is 22.4 Å². The van der Waals surface area contributed by atoms with Gasteiger partial charge in [-0.3, -0.25) is 14.4 Å². The number of fused-ring (bicyclic) bond motifs is 1. The molecule has 10 heteroatoms. The van der Waals surface area contributed by atoms with Gasteiger partial charge in [-0.15, -0.1) is 13.2 Å². The van der Waals surface area contributed by atoms with Crippen molar-refractivity contribution in [2.24, 2.45) is 5.92 Å². The largest absolute Gasteiger partial charge is 0.497 e. The lowest BCUT2D eigenvalue weighted by atomic mass is 9.81. The van der Waals surface area contributed by atoms with Gasteiger partial charge < -0.3 is 35.4 Å². The second kappa shape index (κ2) is 16.9. The molecule has 4 rings (SSSR count). The third-order valence-electron chi connectivity index (χ3n) is 9.86. The van der Waals surface area contributed by atoms with Crippen LogP contribution in [0.4, 0.5) is 0 Å². The summed E-state index contributed by atoms with van der Waals surface area (Å²) in [5.41, 5.74) is 1.99. The van der Waals surface area contributed by atoms with Gasteiger partial charge in [0.2, 0.25) is 17.7 Å². The average Bonchev–Trinajstić information content (AvgIpc) is 3.60. The number of aliphatic hydroxyl groups is 1. The topological polar surface area (TPSA) is 129 Å². The zero-order chi connectivity index (χ0) is 34.8. The van der Waals surface area contributed by atoms with Crippen molar-refractivity contribution in [1.29, 1.82) is 0 Å². The van der Waals surface area contributed by atoms with Crippen LogP contribution in [0, 0.1) is 5.92 Å². The molecule has 48 heavy (non-hydrogen) atoms. The number of carbonyl (C=O) groups excluding carboxylic acids is 3. The van der Waals surface area contributed by atoms with E-state index in [2.05, 4.69) is 29.1 Å². The van der Waals surface area contributed by atoms with Gasteiger partial charge in [0.25, 0.3) is 0 Å². The summed E-state index contributed by atoms with van der Waals surface area (Å²) >= 11 is 0. The van der Waals surface area contributed by atoms with Crippen LogP contribution in [0.1, 0.15) is 75.3 Å². The Bertz CT molecular complexity index is 1430. The lowest BCUT2D eigenvalue weighted by Gasteiger charge is -2.36. The third-order valence-corrected chi connectivity index (χ3v) is 9.86. The summed E-state index contributed by atoms with van der Waals surface area (Å²) in [5, 5.41) is 21.2. The summed E-state index contributed by atoms with van der Waals surface area (Å²) in [6, 6.07) is 14.0. The number of rotatable bonds is 18. The fourth-order valence-corrected chi connectivity index (χ4v) is 7.07. The summed E-state index contributed by atoms with van der Waals surface area (Å²) in [5.74, 6) is -0.303. The van der Waals surface area contributed by atoms with E-state index >= 15 is 0 Å². The number of hydrogen-bond acceptors (Lipinski definition) is 7. The third kappa shape index (κ3) is 8.35. The van der Waals surface area contributed by atoms with Gasteiger partial charge >= 0.3 is 0 Å². The Morgan fingerprint density at radius 2 is 1.90 bits per heavy atom. The second-order valence-electron chi connectivity index (χ2n) is 12.9. The number of aliphatic hydroxyl groups excluding tert-OH is 1. The van der Waals surface area contributed by atoms with Crippen LogP contribution in [0.25, 0.3) is 0 Å². The SMILES string of the molecule is C=CCO[C@@H]1C[C@H](NC[C@H](O)[C@H](Cc2ccccc2)NC(=O)[C@H](CC=C)N2CC[C@](NC(C)=O)(C(C)CC)C2=O)c2cc(OC)ccc21. The van der Waals surface area contributed by atoms with Crippen molar-refractivity contribution in [3.8, 4) is 5.75 Å². The Hall–Kier alpha value is -3.99. The van der Waals surface area contributed by atoms with Crippen molar-refractivity contribution in [3.63, 3.8) is 0 Å². The van der Waals surface area contributed by atoms with E-state index in [1.165, 1.54) is 6.92 Å². The molecule has 7 atom stereocenters. The van der Waals surface area contributed by atoms with E-state index in [0.29, 0.717) is 38.8 Å². The Morgan fingerprint density at radius 1 is 1.15 bits per heavy atom. The number of hydrogen-bond donors (Lipinski definition) is 4. The zero-order valence-electron chi connectivity index (χ0n) is 28.7. The normalized spacial score (nSPS) is 22.7. The van der Waals surface area contributed by atoms with Crippen molar-refractivity contribution in [2.75, 3.05) is 26.8 Å². The van der Waals surface area contributed by atoms with E-state index in [-0.39, 0.29) is 48.8 Å². The van der Waals surface area contributed by atoms with Crippen molar-refractivity contribution in [3.05, 3.63) is 90.5 Å². The van der Waals surface area contributed by atoms with Crippen molar-refractivity contribution in [2.45, 2.75) is 88.7 Å². The van der Waals surface area contributed by atoms with Crippen molar-refractivity contribution < 1.29 is 29.0 Å².